The van der Waals surface area contributed by atoms with Gasteiger partial charge in [0.2, 0.25) is 10.0 Å². The number of aliphatic carboxylic acids is 1. The number of nitrogens with one attached hydrogen (secondary N) is 2. The maximum atomic E-state index is 12.7. The molecule has 2 rings (SSSR count). The third-order valence-electron chi connectivity index (χ3n) is 4.40. The predicted molar refractivity (Wildman–Crippen MR) is 94.8 cm³/mol. The zero-order valence-corrected chi connectivity index (χ0v) is 15.6. The van der Waals surface area contributed by atoms with E-state index < -0.39 is 27.9 Å². The first-order chi connectivity index (χ1) is 12.3. The molecule has 1 aromatic rings. The van der Waals surface area contributed by atoms with E-state index in [4.69, 9.17) is 9.84 Å². The molecule has 1 atom stereocenters. The van der Waals surface area contributed by atoms with Gasteiger partial charge in [0, 0.05) is 11.6 Å². The molecule has 0 aliphatic heterocycles. The Bertz CT molecular complexity index is 771. The fraction of sp³-hybridized carbons (Fsp3) is 0.529. The van der Waals surface area contributed by atoms with Crippen LogP contribution in [0.5, 0.6) is 5.75 Å². The zero-order valence-electron chi connectivity index (χ0n) is 14.8. The molecule has 0 bridgehead atoms. The molecule has 1 aliphatic rings. The lowest BCUT2D eigenvalue weighted by Gasteiger charge is -2.16. The van der Waals surface area contributed by atoms with Crippen LogP contribution in [0.4, 0.5) is 0 Å². The predicted octanol–water partition coefficient (Wildman–Crippen LogP) is 1.51. The topological polar surface area (TPSA) is 122 Å². The maximum Gasteiger partial charge on any atom is 0.326 e. The van der Waals surface area contributed by atoms with E-state index in [-0.39, 0.29) is 28.7 Å². The molecule has 144 valence electrons. The van der Waals surface area contributed by atoms with Crippen molar-refractivity contribution in [3.8, 4) is 5.75 Å². The van der Waals surface area contributed by atoms with Gasteiger partial charge in [-0.3, -0.25) is 4.79 Å². The molecule has 3 N–H and O–H groups in total. The fourth-order valence-corrected chi connectivity index (χ4v) is 4.43. The van der Waals surface area contributed by atoms with Crippen LogP contribution in [0.25, 0.3) is 0 Å². The zero-order chi connectivity index (χ0) is 19.3. The number of benzene rings is 1. The first kappa shape index (κ1) is 20.2. The van der Waals surface area contributed by atoms with Crippen LogP contribution in [0.2, 0.25) is 0 Å². The van der Waals surface area contributed by atoms with E-state index >= 15 is 0 Å². The molecule has 1 saturated carbocycles. The molecule has 0 saturated heterocycles. The number of rotatable bonds is 8. The summed E-state index contributed by atoms with van der Waals surface area (Å²) < 4.78 is 33.2. The Morgan fingerprint density at radius 2 is 1.96 bits per heavy atom. The number of ether oxygens (including phenoxy) is 1. The van der Waals surface area contributed by atoms with Gasteiger partial charge in [-0.15, -0.1) is 0 Å². The van der Waals surface area contributed by atoms with Gasteiger partial charge in [-0.1, -0.05) is 19.8 Å². The average molecular weight is 384 g/mol. The number of amides is 1. The largest absolute Gasteiger partial charge is 0.495 e. The van der Waals surface area contributed by atoms with Crippen molar-refractivity contribution in [2.75, 3.05) is 7.11 Å². The Morgan fingerprint density at radius 3 is 2.50 bits per heavy atom. The molecule has 1 amide bonds. The molecule has 1 fully saturated rings. The maximum absolute atomic E-state index is 12.7. The Labute approximate surface area is 153 Å². The van der Waals surface area contributed by atoms with E-state index in [9.17, 15) is 18.0 Å². The van der Waals surface area contributed by atoms with Crippen LogP contribution in [0.1, 0.15) is 49.4 Å². The molecule has 9 heteroatoms. The minimum atomic E-state index is -3.86. The first-order valence-electron chi connectivity index (χ1n) is 8.52. The summed E-state index contributed by atoms with van der Waals surface area (Å²) in [5.74, 6) is -1.68. The molecule has 8 nitrogen and oxygen atoms in total. The van der Waals surface area contributed by atoms with Gasteiger partial charge < -0.3 is 15.2 Å². The minimum Gasteiger partial charge on any atom is -0.495 e. The van der Waals surface area contributed by atoms with E-state index in [1.54, 1.807) is 6.92 Å². The van der Waals surface area contributed by atoms with Crippen molar-refractivity contribution in [3.63, 3.8) is 0 Å². The normalized spacial score (nSPS) is 16.2. The molecule has 0 heterocycles. The van der Waals surface area contributed by atoms with Crippen LogP contribution >= 0.6 is 0 Å². The third-order valence-corrected chi connectivity index (χ3v) is 5.95. The highest BCUT2D eigenvalue weighted by Crippen LogP contribution is 2.27. The Morgan fingerprint density at radius 1 is 1.31 bits per heavy atom. The molecular formula is C17H24N2O6S. The van der Waals surface area contributed by atoms with Crippen molar-refractivity contribution in [2.24, 2.45) is 0 Å². The Hall–Kier alpha value is -2.13. The van der Waals surface area contributed by atoms with E-state index in [0.29, 0.717) is 0 Å². The molecule has 26 heavy (non-hydrogen) atoms. The summed E-state index contributed by atoms with van der Waals surface area (Å²) in [6, 6.07) is 2.83. The number of sulfonamides is 1. The van der Waals surface area contributed by atoms with Gasteiger partial charge in [-0.25, -0.2) is 17.9 Å². The second-order valence-electron chi connectivity index (χ2n) is 6.24. The Balaban J connectivity index is 2.29. The van der Waals surface area contributed by atoms with Crippen LogP contribution in [0.15, 0.2) is 23.1 Å². The third kappa shape index (κ3) is 4.73. The van der Waals surface area contributed by atoms with Crippen LogP contribution < -0.4 is 14.8 Å². The molecule has 0 radical (unpaired) electrons. The van der Waals surface area contributed by atoms with Crippen molar-refractivity contribution >= 4 is 21.9 Å². The van der Waals surface area contributed by atoms with E-state index in [1.807, 2.05) is 0 Å². The Kier molecular flexibility index (Phi) is 6.60. The number of methoxy groups -OCH3 is 1. The summed E-state index contributed by atoms with van der Waals surface area (Å²) in [5, 5.41) is 11.4. The van der Waals surface area contributed by atoms with Crippen molar-refractivity contribution in [3.05, 3.63) is 23.8 Å². The quantitative estimate of drug-likeness (QED) is 0.624. The van der Waals surface area contributed by atoms with Crippen LogP contribution in [0, 0.1) is 0 Å². The standard InChI is InChI=1S/C17H24N2O6S/c1-3-13(17(21)22)18-16(20)11-8-9-14(25-2)15(10-11)26(23,24)19-12-6-4-5-7-12/h8-10,12-13,19H,3-7H2,1-2H3,(H,18,20)(H,21,22). The summed E-state index contributed by atoms with van der Waals surface area (Å²) in [6.07, 6.45) is 3.71. The van der Waals surface area contributed by atoms with Crippen LogP contribution in [-0.2, 0) is 14.8 Å². The van der Waals surface area contributed by atoms with Crippen LogP contribution in [0.3, 0.4) is 0 Å². The second kappa shape index (κ2) is 8.50. The van der Waals surface area contributed by atoms with E-state index in [0.717, 1.165) is 25.7 Å². The van der Waals surface area contributed by atoms with Crippen LogP contribution in [-0.4, -0.2) is 44.6 Å². The summed E-state index contributed by atoms with van der Waals surface area (Å²) >= 11 is 0. The monoisotopic (exact) mass is 384 g/mol. The van der Waals surface area contributed by atoms with Crippen molar-refractivity contribution in [1.82, 2.24) is 10.0 Å². The first-order valence-corrected chi connectivity index (χ1v) is 10.0. The van der Waals surface area contributed by atoms with E-state index in [1.165, 1.54) is 25.3 Å². The van der Waals surface area contributed by atoms with Gasteiger partial charge in [0.1, 0.15) is 16.7 Å². The van der Waals surface area contributed by atoms with Gasteiger partial charge in [-0.2, -0.15) is 0 Å². The van der Waals surface area contributed by atoms with Gasteiger partial charge >= 0.3 is 5.97 Å². The minimum absolute atomic E-state index is 0.0531. The molecular weight excluding hydrogens is 360 g/mol. The lowest BCUT2D eigenvalue weighted by Crippen LogP contribution is -2.40. The van der Waals surface area contributed by atoms with Gasteiger partial charge in [0.15, 0.2) is 0 Å². The molecule has 1 aliphatic carbocycles. The number of carbonyl (C=O) groups excluding carboxylic acids is 1. The fourth-order valence-electron chi connectivity index (χ4n) is 2.93. The summed E-state index contributed by atoms with van der Waals surface area (Å²) in [7, 11) is -2.52. The summed E-state index contributed by atoms with van der Waals surface area (Å²) in [4.78, 5) is 23.3. The second-order valence-corrected chi connectivity index (χ2v) is 7.92. The van der Waals surface area contributed by atoms with Gasteiger partial charge in [0.25, 0.3) is 5.91 Å². The summed E-state index contributed by atoms with van der Waals surface area (Å²) in [5.41, 5.74) is 0.0531. The number of hydrogen-bond acceptors (Lipinski definition) is 5. The molecule has 0 spiro atoms. The van der Waals surface area contributed by atoms with Gasteiger partial charge in [0.05, 0.1) is 7.11 Å². The van der Waals surface area contributed by atoms with E-state index in [2.05, 4.69) is 10.0 Å². The number of carboxylic acid groups (broad SMARTS) is 1. The number of carbonyl (C=O) groups is 2. The highest BCUT2D eigenvalue weighted by molar-refractivity contribution is 7.89. The average Bonchev–Trinajstić information content (AvgIpc) is 3.10. The number of hydrogen-bond donors (Lipinski definition) is 3. The lowest BCUT2D eigenvalue weighted by molar-refractivity contribution is -0.139. The SMILES string of the molecule is CCC(NC(=O)c1ccc(OC)c(S(=O)(=O)NC2CCCC2)c1)C(=O)O. The van der Waals surface area contributed by atoms with Crippen molar-refractivity contribution in [1.29, 1.82) is 0 Å². The molecule has 1 unspecified atom stereocenters. The highest BCUT2D eigenvalue weighted by Gasteiger charge is 2.27. The van der Waals surface area contributed by atoms with Crippen molar-refractivity contribution < 1.29 is 27.9 Å². The lowest BCUT2D eigenvalue weighted by atomic mass is 10.1. The van der Waals surface area contributed by atoms with Gasteiger partial charge in [-0.05, 0) is 37.5 Å². The smallest absolute Gasteiger partial charge is 0.326 e. The molecule has 1 aromatic carbocycles. The van der Waals surface area contributed by atoms with Crippen molar-refractivity contribution in [2.45, 2.75) is 56.0 Å². The molecule has 0 aromatic heterocycles. The summed E-state index contributed by atoms with van der Waals surface area (Å²) in [6.45, 7) is 1.63. The number of carboxylic acids is 1. The highest BCUT2D eigenvalue weighted by atomic mass is 32.2.